The van der Waals surface area contributed by atoms with E-state index >= 15 is 0 Å². The van der Waals surface area contributed by atoms with Gasteiger partial charge < -0.3 is 14.6 Å². The molecule has 1 N–H and O–H groups in total. The van der Waals surface area contributed by atoms with E-state index in [0.717, 1.165) is 25.0 Å². The summed E-state index contributed by atoms with van der Waals surface area (Å²) in [7, 11) is 1.69. The Kier molecular flexibility index (Phi) is 6.34. The number of aliphatic hydroxyl groups excluding tert-OH is 1. The molecular formula is C13H19ClO3. The van der Waals surface area contributed by atoms with Crippen LogP contribution in [0.4, 0.5) is 0 Å². The summed E-state index contributed by atoms with van der Waals surface area (Å²) in [6, 6.07) is 5.29. The number of benzene rings is 1. The molecule has 0 unspecified atom stereocenters. The zero-order valence-corrected chi connectivity index (χ0v) is 11.0. The highest BCUT2D eigenvalue weighted by Crippen LogP contribution is 2.28. The molecule has 0 aliphatic carbocycles. The highest BCUT2D eigenvalue weighted by molar-refractivity contribution is 6.30. The zero-order chi connectivity index (χ0) is 12.7. The lowest BCUT2D eigenvalue weighted by Crippen LogP contribution is -2.03. The van der Waals surface area contributed by atoms with E-state index in [2.05, 4.69) is 0 Å². The van der Waals surface area contributed by atoms with Gasteiger partial charge in [0.25, 0.3) is 0 Å². The molecule has 0 saturated carbocycles. The molecule has 1 atom stereocenters. The number of ether oxygens (including phenoxy) is 2. The number of rotatable bonds is 7. The lowest BCUT2D eigenvalue weighted by molar-refractivity contribution is 0.178. The fourth-order valence-corrected chi connectivity index (χ4v) is 1.69. The Labute approximate surface area is 107 Å². The third-order valence-corrected chi connectivity index (χ3v) is 2.66. The molecule has 0 radical (unpaired) electrons. The van der Waals surface area contributed by atoms with Gasteiger partial charge in [0.1, 0.15) is 5.75 Å². The molecule has 17 heavy (non-hydrogen) atoms. The molecule has 0 amide bonds. The molecule has 1 aromatic rings. The van der Waals surface area contributed by atoms with Gasteiger partial charge in [-0.1, -0.05) is 11.6 Å². The van der Waals surface area contributed by atoms with E-state index < -0.39 is 6.10 Å². The minimum atomic E-state index is -0.581. The van der Waals surface area contributed by atoms with Crippen LogP contribution in [0.2, 0.25) is 5.02 Å². The van der Waals surface area contributed by atoms with Crippen LogP contribution in [-0.4, -0.2) is 25.4 Å². The Bertz CT molecular complexity index is 339. The van der Waals surface area contributed by atoms with Gasteiger partial charge in [0.15, 0.2) is 0 Å². The Morgan fingerprint density at radius 1 is 1.29 bits per heavy atom. The number of halogens is 1. The first kappa shape index (κ1) is 14.3. The Morgan fingerprint density at radius 3 is 2.65 bits per heavy atom. The quantitative estimate of drug-likeness (QED) is 0.764. The summed E-state index contributed by atoms with van der Waals surface area (Å²) in [4.78, 5) is 0. The SMILES string of the molecule is COCCCCOc1ccc(Cl)cc1[C@@H](C)O. The number of unbranched alkanes of at least 4 members (excludes halogenated alkanes) is 1. The summed E-state index contributed by atoms with van der Waals surface area (Å²) in [5.41, 5.74) is 0.726. The average Bonchev–Trinajstić information content (AvgIpc) is 2.30. The van der Waals surface area contributed by atoms with Crippen LogP contribution in [0.25, 0.3) is 0 Å². The second kappa shape index (κ2) is 7.54. The zero-order valence-electron chi connectivity index (χ0n) is 10.3. The van der Waals surface area contributed by atoms with E-state index in [1.165, 1.54) is 0 Å². The highest BCUT2D eigenvalue weighted by atomic mass is 35.5. The third-order valence-electron chi connectivity index (χ3n) is 2.42. The lowest BCUT2D eigenvalue weighted by atomic mass is 10.1. The van der Waals surface area contributed by atoms with Crippen molar-refractivity contribution in [2.75, 3.05) is 20.3 Å². The van der Waals surface area contributed by atoms with E-state index in [9.17, 15) is 5.11 Å². The normalized spacial score (nSPS) is 12.5. The highest BCUT2D eigenvalue weighted by Gasteiger charge is 2.09. The van der Waals surface area contributed by atoms with Crippen molar-refractivity contribution in [1.82, 2.24) is 0 Å². The van der Waals surface area contributed by atoms with E-state index in [4.69, 9.17) is 21.1 Å². The van der Waals surface area contributed by atoms with Crippen molar-refractivity contribution in [1.29, 1.82) is 0 Å². The lowest BCUT2D eigenvalue weighted by Gasteiger charge is -2.13. The summed E-state index contributed by atoms with van der Waals surface area (Å²) >= 11 is 5.88. The second-order valence-electron chi connectivity index (χ2n) is 3.91. The molecule has 3 nitrogen and oxygen atoms in total. The fraction of sp³-hybridized carbons (Fsp3) is 0.538. The van der Waals surface area contributed by atoms with Crippen LogP contribution in [-0.2, 0) is 4.74 Å². The summed E-state index contributed by atoms with van der Waals surface area (Å²) in [5, 5.41) is 10.2. The van der Waals surface area contributed by atoms with E-state index in [0.29, 0.717) is 17.4 Å². The minimum absolute atomic E-state index is 0.581. The van der Waals surface area contributed by atoms with Gasteiger partial charge in [0.2, 0.25) is 0 Å². The molecule has 1 aromatic carbocycles. The molecule has 0 fully saturated rings. The predicted molar refractivity (Wildman–Crippen MR) is 68.7 cm³/mol. The number of hydrogen-bond acceptors (Lipinski definition) is 3. The van der Waals surface area contributed by atoms with Crippen molar-refractivity contribution in [2.45, 2.75) is 25.9 Å². The number of hydrogen-bond donors (Lipinski definition) is 1. The third kappa shape index (κ3) is 4.94. The van der Waals surface area contributed by atoms with Crippen molar-refractivity contribution in [3.63, 3.8) is 0 Å². The van der Waals surface area contributed by atoms with Crippen molar-refractivity contribution in [3.8, 4) is 5.75 Å². The first-order valence-electron chi connectivity index (χ1n) is 5.74. The maximum atomic E-state index is 9.61. The standard InChI is InChI=1S/C13H19ClO3/c1-10(15)12-9-11(14)5-6-13(12)17-8-4-3-7-16-2/h5-6,9-10,15H,3-4,7-8H2,1-2H3/t10-/m1/s1. The van der Waals surface area contributed by atoms with Crippen LogP contribution < -0.4 is 4.74 Å². The van der Waals surface area contributed by atoms with Gasteiger partial charge in [-0.15, -0.1) is 0 Å². The molecule has 4 heteroatoms. The predicted octanol–water partition coefficient (Wildman–Crippen LogP) is 3.20. The van der Waals surface area contributed by atoms with E-state index in [1.54, 1.807) is 32.2 Å². The van der Waals surface area contributed by atoms with E-state index in [-0.39, 0.29) is 0 Å². The molecule has 0 spiro atoms. The maximum Gasteiger partial charge on any atom is 0.125 e. The van der Waals surface area contributed by atoms with Gasteiger partial charge in [0.05, 0.1) is 12.7 Å². The number of methoxy groups -OCH3 is 1. The largest absolute Gasteiger partial charge is 0.493 e. The van der Waals surface area contributed by atoms with Gasteiger partial charge in [-0.05, 0) is 38.0 Å². The summed E-state index contributed by atoms with van der Waals surface area (Å²) in [6.45, 7) is 3.06. The molecule has 0 heterocycles. The van der Waals surface area contributed by atoms with Crippen molar-refractivity contribution in [2.24, 2.45) is 0 Å². The fourth-order valence-electron chi connectivity index (χ4n) is 1.51. The monoisotopic (exact) mass is 258 g/mol. The van der Waals surface area contributed by atoms with Gasteiger partial charge in [-0.3, -0.25) is 0 Å². The smallest absolute Gasteiger partial charge is 0.125 e. The van der Waals surface area contributed by atoms with Crippen LogP contribution in [0.5, 0.6) is 5.75 Å². The van der Waals surface area contributed by atoms with Gasteiger partial charge in [0, 0.05) is 24.3 Å². The molecule has 1 rings (SSSR count). The Hall–Kier alpha value is -0.770. The Morgan fingerprint density at radius 2 is 2.00 bits per heavy atom. The molecule has 0 aliphatic heterocycles. The average molecular weight is 259 g/mol. The van der Waals surface area contributed by atoms with Gasteiger partial charge >= 0.3 is 0 Å². The van der Waals surface area contributed by atoms with Gasteiger partial charge in [-0.2, -0.15) is 0 Å². The van der Waals surface area contributed by atoms with Crippen LogP contribution in [0, 0.1) is 0 Å². The van der Waals surface area contributed by atoms with E-state index in [1.807, 2.05) is 0 Å². The van der Waals surface area contributed by atoms with Crippen LogP contribution in [0.15, 0.2) is 18.2 Å². The van der Waals surface area contributed by atoms with Crippen molar-refractivity contribution < 1.29 is 14.6 Å². The summed E-state index contributed by atoms with van der Waals surface area (Å²) in [6.07, 6.45) is 1.31. The topological polar surface area (TPSA) is 38.7 Å². The van der Waals surface area contributed by atoms with Crippen LogP contribution in [0.1, 0.15) is 31.4 Å². The number of aliphatic hydroxyl groups is 1. The Balaban J connectivity index is 2.52. The maximum absolute atomic E-state index is 9.61. The molecule has 0 aromatic heterocycles. The first-order valence-corrected chi connectivity index (χ1v) is 6.12. The van der Waals surface area contributed by atoms with Crippen LogP contribution >= 0.6 is 11.6 Å². The molecule has 0 bridgehead atoms. The van der Waals surface area contributed by atoms with Gasteiger partial charge in [-0.25, -0.2) is 0 Å². The first-order chi connectivity index (χ1) is 8.15. The second-order valence-corrected chi connectivity index (χ2v) is 4.34. The minimum Gasteiger partial charge on any atom is -0.493 e. The molecule has 0 saturated heterocycles. The molecular weight excluding hydrogens is 240 g/mol. The van der Waals surface area contributed by atoms with Crippen LogP contribution in [0.3, 0.4) is 0 Å². The summed E-state index contributed by atoms with van der Waals surface area (Å²) in [5.74, 6) is 0.696. The van der Waals surface area contributed by atoms with Crippen molar-refractivity contribution in [3.05, 3.63) is 28.8 Å². The van der Waals surface area contributed by atoms with Crippen molar-refractivity contribution >= 4 is 11.6 Å². The summed E-state index contributed by atoms with van der Waals surface area (Å²) < 4.78 is 10.6. The molecule has 96 valence electrons. The molecule has 0 aliphatic rings.